The van der Waals surface area contributed by atoms with Crippen molar-refractivity contribution >= 4 is 34.8 Å². The molecule has 0 spiro atoms. The number of hydrogen-bond donors (Lipinski definition) is 2. The van der Waals surface area contributed by atoms with E-state index < -0.39 is 0 Å². The minimum atomic E-state index is -0.352. The summed E-state index contributed by atoms with van der Waals surface area (Å²) in [5.41, 5.74) is 2.91. The van der Waals surface area contributed by atoms with Crippen LogP contribution in [0.15, 0.2) is 54.9 Å². The molecule has 0 saturated carbocycles. The molecule has 0 aliphatic carbocycles. The number of methoxy groups -OCH3 is 1. The van der Waals surface area contributed by atoms with Gasteiger partial charge in [-0.1, -0.05) is 43.6 Å². The fraction of sp³-hybridized carbons (Fsp3) is 0.190. The predicted molar refractivity (Wildman–Crippen MR) is 112 cm³/mol. The smallest absolute Gasteiger partial charge is 0.258 e. The summed E-state index contributed by atoms with van der Waals surface area (Å²) in [6, 6.07) is 13.0. The third-order valence-corrected chi connectivity index (χ3v) is 4.39. The summed E-state index contributed by atoms with van der Waals surface area (Å²) in [5.74, 6) is 0.948. The van der Waals surface area contributed by atoms with E-state index in [4.69, 9.17) is 16.3 Å². The third kappa shape index (κ3) is 4.58. The highest BCUT2D eigenvalue weighted by molar-refractivity contribution is 6.31. The minimum absolute atomic E-state index is 0.324. The number of nitrogens with one attached hydrogen (secondary N) is 2. The molecule has 1 aromatic heterocycles. The van der Waals surface area contributed by atoms with Crippen molar-refractivity contribution in [1.82, 2.24) is 9.97 Å². The second kappa shape index (κ2) is 8.71. The van der Waals surface area contributed by atoms with Gasteiger partial charge in [-0.3, -0.25) is 4.79 Å². The highest BCUT2D eigenvalue weighted by Gasteiger charge is 2.12. The Bertz CT molecular complexity index is 974. The summed E-state index contributed by atoms with van der Waals surface area (Å²) in [7, 11) is 1.53. The molecule has 0 unspecified atom stereocenters. The van der Waals surface area contributed by atoms with E-state index in [1.165, 1.54) is 25.1 Å². The topological polar surface area (TPSA) is 76.1 Å². The Labute approximate surface area is 168 Å². The van der Waals surface area contributed by atoms with Crippen LogP contribution in [0.1, 0.15) is 35.7 Å². The van der Waals surface area contributed by atoms with Crippen LogP contribution in [0, 0.1) is 0 Å². The number of hydrogen-bond acceptors (Lipinski definition) is 5. The van der Waals surface area contributed by atoms with E-state index in [9.17, 15) is 4.79 Å². The number of para-hydroxylation sites is 1. The number of rotatable bonds is 6. The maximum Gasteiger partial charge on any atom is 0.258 e. The molecule has 0 aliphatic heterocycles. The molecule has 144 valence electrons. The second-order valence-electron chi connectivity index (χ2n) is 6.46. The molecule has 3 aromatic rings. The second-order valence-corrected chi connectivity index (χ2v) is 6.90. The average molecular weight is 397 g/mol. The lowest BCUT2D eigenvalue weighted by molar-refractivity contribution is 0.102. The molecular formula is C21H21ClN4O2. The van der Waals surface area contributed by atoms with Crippen LogP contribution in [0.3, 0.4) is 0 Å². The van der Waals surface area contributed by atoms with E-state index in [0.29, 0.717) is 33.9 Å². The lowest BCUT2D eigenvalue weighted by Gasteiger charge is -2.13. The maximum absolute atomic E-state index is 12.5. The molecule has 0 atom stereocenters. The molecule has 28 heavy (non-hydrogen) atoms. The van der Waals surface area contributed by atoms with Crippen LogP contribution in [0.25, 0.3) is 0 Å². The van der Waals surface area contributed by atoms with Gasteiger partial charge in [-0.15, -0.1) is 0 Å². The Balaban J connectivity index is 1.74. The van der Waals surface area contributed by atoms with Gasteiger partial charge in [-0.05, 0) is 35.7 Å². The van der Waals surface area contributed by atoms with E-state index in [2.05, 4.69) is 40.5 Å². The lowest BCUT2D eigenvalue weighted by atomic mass is 10.0. The van der Waals surface area contributed by atoms with Gasteiger partial charge < -0.3 is 15.4 Å². The number of nitrogens with zero attached hydrogens (tertiary/aromatic N) is 2. The van der Waals surface area contributed by atoms with Gasteiger partial charge in [0.25, 0.3) is 5.91 Å². The van der Waals surface area contributed by atoms with Crippen molar-refractivity contribution < 1.29 is 9.53 Å². The summed E-state index contributed by atoms with van der Waals surface area (Å²) in [4.78, 5) is 21.0. The monoisotopic (exact) mass is 396 g/mol. The first-order chi connectivity index (χ1) is 13.5. The van der Waals surface area contributed by atoms with Gasteiger partial charge in [0.1, 0.15) is 5.75 Å². The summed E-state index contributed by atoms with van der Waals surface area (Å²) in [6.07, 6.45) is 2.94. The molecule has 0 fully saturated rings. The van der Waals surface area contributed by atoms with Gasteiger partial charge in [-0.2, -0.15) is 0 Å². The van der Waals surface area contributed by atoms with Crippen LogP contribution in [-0.2, 0) is 0 Å². The van der Waals surface area contributed by atoms with Crippen LogP contribution in [0.4, 0.5) is 17.3 Å². The molecule has 0 aliphatic rings. The van der Waals surface area contributed by atoms with E-state index >= 15 is 0 Å². The Morgan fingerprint density at radius 1 is 1.07 bits per heavy atom. The van der Waals surface area contributed by atoms with E-state index in [-0.39, 0.29) is 5.91 Å². The summed E-state index contributed by atoms with van der Waals surface area (Å²) in [6.45, 7) is 4.25. The standard InChI is InChI=1S/C21H21ClN4O2/c1-13(2)16-6-4-5-7-17(16)26-21-23-11-14(12-24-21)20(27)25-18-10-15(22)8-9-19(18)28-3/h4-13H,1-3H3,(H,25,27)(H,23,24,26). The average Bonchev–Trinajstić information content (AvgIpc) is 2.69. The fourth-order valence-electron chi connectivity index (χ4n) is 2.72. The molecule has 0 saturated heterocycles. The van der Waals surface area contributed by atoms with Crippen molar-refractivity contribution in [1.29, 1.82) is 0 Å². The molecule has 7 heteroatoms. The Morgan fingerprint density at radius 3 is 2.46 bits per heavy atom. The van der Waals surface area contributed by atoms with Gasteiger partial charge in [0, 0.05) is 23.1 Å². The van der Waals surface area contributed by atoms with Crippen molar-refractivity contribution in [2.24, 2.45) is 0 Å². The Kier molecular flexibility index (Phi) is 6.11. The highest BCUT2D eigenvalue weighted by Crippen LogP contribution is 2.28. The van der Waals surface area contributed by atoms with Gasteiger partial charge in [0.2, 0.25) is 5.95 Å². The van der Waals surface area contributed by atoms with Crippen LogP contribution >= 0.6 is 11.6 Å². The molecule has 0 bridgehead atoms. The summed E-state index contributed by atoms with van der Waals surface area (Å²) >= 11 is 6.00. The zero-order chi connectivity index (χ0) is 20.1. The van der Waals surface area contributed by atoms with Crippen molar-refractivity contribution in [3.8, 4) is 5.75 Å². The quantitative estimate of drug-likeness (QED) is 0.594. The number of carbonyl (C=O) groups excluding carboxylic acids is 1. The SMILES string of the molecule is COc1ccc(Cl)cc1NC(=O)c1cnc(Nc2ccccc2C(C)C)nc1. The summed E-state index contributed by atoms with van der Waals surface area (Å²) in [5, 5.41) is 6.46. The van der Waals surface area contributed by atoms with Crippen LogP contribution < -0.4 is 15.4 Å². The van der Waals surface area contributed by atoms with Crippen molar-refractivity contribution in [2.45, 2.75) is 19.8 Å². The fourth-order valence-corrected chi connectivity index (χ4v) is 2.89. The number of carbonyl (C=O) groups is 1. The van der Waals surface area contributed by atoms with Gasteiger partial charge in [0.05, 0.1) is 18.4 Å². The number of aromatic nitrogens is 2. The molecule has 2 aromatic carbocycles. The molecule has 1 heterocycles. The van der Waals surface area contributed by atoms with Gasteiger partial charge >= 0.3 is 0 Å². The molecule has 2 N–H and O–H groups in total. The lowest BCUT2D eigenvalue weighted by Crippen LogP contribution is -2.14. The zero-order valence-electron chi connectivity index (χ0n) is 15.9. The zero-order valence-corrected chi connectivity index (χ0v) is 16.6. The molecule has 6 nitrogen and oxygen atoms in total. The largest absolute Gasteiger partial charge is 0.495 e. The molecule has 0 radical (unpaired) electrons. The Hall–Kier alpha value is -3.12. The number of ether oxygens (including phenoxy) is 1. The van der Waals surface area contributed by atoms with Crippen LogP contribution in [0.2, 0.25) is 5.02 Å². The Morgan fingerprint density at radius 2 is 1.79 bits per heavy atom. The van der Waals surface area contributed by atoms with E-state index in [1.807, 2.05) is 18.2 Å². The molecule has 3 rings (SSSR count). The first kappa shape index (κ1) is 19.6. The van der Waals surface area contributed by atoms with E-state index in [1.54, 1.807) is 18.2 Å². The van der Waals surface area contributed by atoms with Crippen LogP contribution in [-0.4, -0.2) is 23.0 Å². The first-order valence-electron chi connectivity index (χ1n) is 8.81. The predicted octanol–water partition coefficient (Wildman–Crippen LogP) is 5.26. The highest BCUT2D eigenvalue weighted by atomic mass is 35.5. The molecule has 1 amide bonds. The number of anilines is 3. The molecular weight excluding hydrogens is 376 g/mol. The maximum atomic E-state index is 12.5. The summed E-state index contributed by atoms with van der Waals surface area (Å²) < 4.78 is 5.24. The van der Waals surface area contributed by atoms with Gasteiger partial charge in [0.15, 0.2) is 0 Å². The third-order valence-electron chi connectivity index (χ3n) is 4.15. The van der Waals surface area contributed by atoms with Crippen molar-refractivity contribution in [3.63, 3.8) is 0 Å². The number of halogens is 1. The number of benzene rings is 2. The first-order valence-corrected chi connectivity index (χ1v) is 9.18. The normalized spacial score (nSPS) is 10.6. The van der Waals surface area contributed by atoms with E-state index in [0.717, 1.165) is 5.69 Å². The van der Waals surface area contributed by atoms with Gasteiger partial charge in [-0.25, -0.2) is 9.97 Å². The van der Waals surface area contributed by atoms with Crippen molar-refractivity contribution in [2.75, 3.05) is 17.7 Å². The number of amides is 1. The van der Waals surface area contributed by atoms with Crippen LogP contribution in [0.5, 0.6) is 5.75 Å². The minimum Gasteiger partial charge on any atom is -0.495 e. The van der Waals surface area contributed by atoms with Crippen molar-refractivity contribution in [3.05, 3.63) is 71.0 Å².